The van der Waals surface area contributed by atoms with Crippen LogP contribution in [0.25, 0.3) is 6.08 Å². The molecule has 6 heteroatoms. The largest absolute Gasteiger partial charge is 0.493 e. The van der Waals surface area contributed by atoms with Gasteiger partial charge in [0.2, 0.25) is 0 Å². The van der Waals surface area contributed by atoms with Crippen molar-refractivity contribution in [3.05, 3.63) is 26.8 Å². The summed E-state index contributed by atoms with van der Waals surface area (Å²) < 4.78 is 10.8. The highest BCUT2D eigenvalue weighted by molar-refractivity contribution is 14.1. The minimum absolute atomic E-state index is 0.0157. The van der Waals surface area contributed by atoms with E-state index >= 15 is 0 Å². The van der Waals surface area contributed by atoms with Crippen LogP contribution in [0.1, 0.15) is 12.5 Å². The van der Waals surface area contributed by atoms with Gasteiger partial charge in [0.25, 0.3) is 0 Å². The Morgan fingerprint density at radius 1 is 1.37 bits per heavy atom. The number of nitrogens with zero attached hydrogens (tertiary/aromatic N) is 2. The molecule has 0 amide bonds. The van der Waals surface area contributed by atoms with Crippen LogP contribution < -0.4 is 9.47 Å². The van der Waals surface area contributed by atoms with Crippen LogP contribution in [-0.2, 0) is 4.79 Å². The molecule has 96 valence electrons. The number of rotatable bonds is 3. The van der Waals surface area contributed by atoms with Gasteiger partial charge in [-0.15, -0.1) is 0 Å². The van der Waals surface area contributed by atoms with Crippen LogP contribution >= 0.6 is 22.6 Å². The summed E-state index contributed by atoms with van der Waals surface area (Å²) in [5.41, 5.74) is 0.605. The summed E-state index contributed by atoms with van der Waals surface area (Å²) in [6.45, 7) is 1.30. The average Bonchev–Trinajstić information content (AvgIpc) is 2.38. The van der Waals surface area contributed by atoms with Crippen molar-refractivity contribution in [1.29, 1.82) is 10.5 Å². The molecule has 0 N–H and O–H groups in total. The Kier molecular flexibility index (Phi) is 5.34. The van der Waals surface area contributed by atoms with E-state index in [1.54, 1.807) is 24.3 Å². The topological polar surface area (TPSA) is 83.1 Å². The molecule has 19 heavy (non-hydrogen) atoms. The molecule has 0 bridgehead atoms. The molecule has 0 spiro atoms. The van der Waals surface area contributed by atoms with E-state index in [1.807, 2.05) is 22.6 Å². The third-order valence-electron chi connectivity index (χ3n) is 2.05. The van der Waals surface area contributed by atoms with Gasteiger partial charge in [-0.3, -0.25) is 4.79 Å². The predicted molar refractivity (Wildman–Crippen MR) is 76.2 cm³/mol. The van der Waals surface area contributed by atoms with E-state index in [9.17, 15) is 4.79 Å². The van der Waals surface area contributed by atoms with Crippen molar-refractivity contribution >= 4 is 34.6 Å². The standard InChI is InChI=1S/C13H9IN2O3/c1-8(17)19-13-11(14)4-9(5-12(13)18-2)3-10(6-15)7-16/h3-5H,1-2H3. The number of methoxy groups -OCH3 is 1. The van der Waals surface area contributed by atoms with Crippen LogP contribution in [0.15, 0.2) is 17.7 Å². The molecule has 0 atom stereocenters. The summed E-state index contributed by atoms with van der Waals surface area (Å²) >= 11 is 1.99. The zero-order valence-corrected chi connectivity index (χ0v) is 12.4. The van der Waals surface area contributed by atoms with Gasteiger partial charge < -0.3 is 9.47 Å². The number of ether oxygens (including phenoxy) is 2. The first kappa shape index (κ1) is 15.0. The second kappa shape index (κ2) is 6.76. The molecular weight excluding hydrogens is 359 g/mol. The van der Waals surface area contributed by atoms with Gasteiger partial charge in [-0.05, 0) is 46.4 Å². The molecule has 0 saturated carbocycles. The van der Waals surface area contributed by atoms with Gasteiger partial charge in [-0.2, -0.15) is 10.5 Å². The number of hydrogen-bond donors (Lipinski definition) is 0. The lowest BCUT2D eigenvalue weighted by molar-refractivity contribution is -0.132. The summed E-state index contributed by atoms with van der Waals surface area (Å²) in [5, 5.41) is 17.4. The van der Waals surface area contributed by atoms with Gasteiger partial charge in [-0.25, -0.2) is 0 Å². The fraction of sp³-hybridized carbons (Fsp3) is 0.154. The number of nitriles is 2. The van der Waals surface area contributed by atoms with Gasteiger partial charge in [0.05, 0.1) is 10.7 Å². The van der Waals surface area contributed by atoms with Crippen molar-refractivity contribution < 1.29 is 14.3 Å². The Hall–Kier alpha value is -2.06. The highest BCUT2D eigenvalue weighted by Crippen LogP contribution is 2.34. The zero-order valence-electron chi connectivity index (χ0n) is 10.2. The highest BCUT2D eigenvalue weighted by Gasteiger charge is 2.13. The molecule has 0 aromatic heterocycles. The van der Waals surface area contributed by atoms with E-state index in [0.717, 1.165) is 0 Å². The second-order valence-electron chi connectivity index (χ2n) is 3.41. The van der Waals surface area contributed by atoms with Crippen LogP contribution in [0.3, 0.4) is 0 Å². The summed E-state index contributed by atoms with van der Waals surface area (Å²) in [4.78, 5) is 11.0. The van der Waals surface area contributed by atoms with E-state index < -0.39 is 5.97 Å². The Morgan fingerprint density at radius 3 is 2.47 bits per heavy atom. The first-order valence-corrected chi connectivity index (χ1v) is 6.17. The average molecular weight is 368 g/mol. The van der Waals surface area contributed by atoms with Crippen LogP contribution in [0.2, 0.25) is 0 Å². The summed E-state index contributed by atoms with van der Waals surface area (Å²) in [5.74, 6) is 0.237. The quantitative estimate of drug-likeness (QED) is 0.355. The molecule has 0 unspecified atom stereocenters. The lowest BCUT2D eigenvalue weighted by Crippen LogP contribution is -2.05. The molecule has 1 rings (SSSR count). The maximum Gasteiger partial charge on any atom is 0.308 e. The van der Waals surface area contributed by atoms with E-state index in [1.165, 1.54) is 20.1 Å². The van der Waals surface area contributed by atoms with Crippen LogP contribution in [0, 0.1) is 26.2 Å². The van der Waals surface area contributed by atoms with E-state index in [4.69, 9.17) is 20.0 Å². The number of halogens is 1. The molecule has 1 aromatic rings. The SMILES string of the molecule is COc1cc(C=C(C#N)C#N)cc(I)c1OC(C)=O. The first-order chi connectivity index (χ1) is 9.01. The molecule has 0 aliphatic carbocycles. The normalized spacial score (nSPS) is 8.89. The zero-order chi connectivity index (χ0) is 14.4. The number of carbonyl (C=O) groups excluding carboxylic acids is 1. The monoisotopic (exact) mass is 368 g/mol. The van der Waals surface area contributed by atoms with Gasteiger partial charge >= 0.3 is 5.97 Å². The molecule has 0 heterocycles. The number of esters is 1. The van der Waals surface area contributed by atoms with Gasteiger partial charge in [0.1, 0.15) is 17.7 Å². The molecule has 0 radical (unpaired) electrons. The van der Waals surface area contributed by atoms with Crippen LogP contribution in [0.5, 0.6) is 11.5 Å². The van der Waals surface area contributed by atoms with Crippen LogP contribution in [-0.4, -0.2) is 13.1 Å². The first-order valence-electron chi connectivity index (χ1n) is 5.09. The lowest BCUT2D eigenvalue weighted by Gasteiger charge is -2.11. The number of carbonyl (C=O) groups is 1. The molecule has 1 aromatic carbocycles. The minimum atomic E-state index is -0.450. The fourth-order valence-electron chi connectivity index (χ4n) is 1.32. The van der Waals surface area contributed by atoms with Crippen LogP contribution in [0.4, 0.5) is 0 Å². The van der Waals surface area contributed by atoms with Crippen molar-refractivity contribution in [3.8, 4) is 23.6 Å². The summed E-state index contributed by atoms with van der Waals surface area (Å²) in [6.07, 6.45) is 1.43. The molecule has 0 saturated heterocycles. The third-order valence-corrected chi connectivity index (χ3v) is 2.85. The van der Waals surface area contributed by atoms with E-state index in [-0.39, 0.29) is 5.57 Å². The fourth-order valence-corrected chi connectivity index (χ4v) is 2.06. The Labute approximate surface area is 124 Å². The summed E-state index contributed by atoms with van der Waals surface area (Å²) in [7, 11) is 1.45. The van der Waals surface area contributed by atoms with Crippen molar-refractivity contribution in [3.63, 3.8) is 0 Å². The van der Waals surface area contributed by atoms with Crippen molar-refractivity contribution in [1.82, 2.24) is 0 Å². The second-order valence-corrected chi connectivity index (χ2v) is 4.57. The molecular formula is C13H9IN2O3. The van der Waals surface area contributed by atoms with Crippen molar-refractivity contribution in [2.24, 2.45) is 0 Å². The summed E-state index contributed by atoms with van der Waals surface area (Å²) in [6, 6.07) is 6.83. The van der Waals surface area contributed by atoms with Gasteiger partial charge in [0.15, 0.2) is 11.5 Å². The number of hydrogen-bond acceptors (Lipinski definition) is 5. The van der Waals surface area contributed by atoms with Gasteiger partial charge in [0, 0.05) is 6.92 Å². The maximum absolute atomic E-state index is 11.0. The molecule has 5 nitrogen and oxygen atoms in total. The van der Waals surface area contributed by atoms with E-state index in [2.05, 4.69) is 0 Å². The minimum Gasteiger partial charge on any atom is -0.493 e. The smallest absolute Gasteiger partial charge is 0.308 e. The Balaban J connectivity index is 3.32. The molecule has 0 fully saturated rings. The van der Waals surface area contributed by atoms with Crippen molar-refractivity contribution in [2.45, 2.75) is 6.92 Å². The Bertz CT molecular complexity index is 608. The van der Waals surface area contributed by atoms with E-state index in [0.29, 0.717) is 20.6 Å². The molecule has 0 aliphatic heterocycles. The Morgan fingerprint density at radius 2 is 2.00 bits per heavy atom. The van der Waals surface area contributed by atoms with Gasteiger partial charge in [-0.1, -0.05) is 0 Å². The number of benzene rings is 1. The van der Waals surface area contributed by atoms with Crippen molar-refractivity contribution in [2.75, 3.05) is 7.11 Å². The predicted octanol–water partition coefficient (Wildman–Crippen LogP) is 2.66. The highest BCUT2D eigenvalue weighted by atomic mass is 127. The lowest BCUT2D eigenvalue weighted by atomic mass is 10.1. The molecule has 0 aliphatic rings. The maximum atomic E-state index is 11.0. The number of allylic oxidation sites excluding steroid dienone is 1. The third kappa shape index (κ3) is 3.97.